The number of aromatic hydroxyl groups is 1. The normalized spacial score (nSPS) is 10.2. The number of halogens is 2. The average molecular weight is 236 g/mol. The van der Waals surface area contributed by atoms with Crippen LogP contribution in [0.15, 0.2) is 16.6 Å². The van der Waals surface area contributed by atoms with Gasteiger partial charge in [0.15, 0.2) is 11.6 Å². The van der Waals surface area contributed by atoms with Gasteiger partial charge in [-0.25, -0.2) is 9.87 Å². The predicted octanol–water partition coefficient (Wildman–Crippen LogP) is 1.77. The number of phenolic OH excluding ortho intramolecular Hbond substituents is 1. The van der Waals surface area contributed by atoms with Gasteiger partial charge >= 0.3 is 0 Å². The number of nitrogens with one attached hydrogen (secondary N) is 1. The lowest BCUT2D eigenvalue weighted by atomic mass is 10.2. The zero-order valence-electron chi connectivity index (χ0n) is 6.01. The second-order valence-corrected chi connectivity index (χ2v) is 3.05. The molecule has 1 aromatic rings. The fourth-order valence-corrected chi connectivity index (χ4v) is 1.27. The van der Waals surface area contributed by atoms with E-state index in [2.05, 4.69) is 15.9 Å². The molecule has 12 heavy (non-hydrogen) atoms. The maximum atomic E-state index is 13.0. The Morgan fingerprint density at radius 2 is 2.17 bits per heavy atom. The fourth-order valence-electron chi connectivity index (χ4n) is 0.826. The van der Waals surface area contributed by atoms with E-state index in [1.165, 1.54) is 12.1 Å². The maximum absolute atomic E-state index is 13.0. The van der Waals surface area contributed by atoms with E-state index in [9.17, 15) is 4.39 Å². The van der Waals surface area contributed by atoms with Crippen LogP contribution in [0.4, 0.5) is 4.39 Å². The van der Waals surface area contributed by atoms with Gasteiger partial charge in [0.05, 0.1) is 0 Å². The molecule has 5 heteroatoms. The highest BCUT2D eigenvalue weighted by atomic mass is 79.9. The topological polar surface area (TPSA) is 52.5 Å². The van der Waals surface area contributed by atoms with Gasteiger partial charge in [0.2, 0.25) is 0 Å². The molecule has 0 amide bonds. The van der Waals surface area contributed by atoms with Crippen molar-refractivity contribution < 1.29 is 14.7 Å². The molecule has 0 aliphatic rings. The zero-order valence-corrected chi connectivity index (χ0v) is 7.60. The van der Waals surface area contributed by atoms with E-state index >= 15 is 0 Å². The molecule has 0 aliphatic heterocycles. The van der Waals surface area contributed by atoms with E-state index in [-0.39, 0.29) is 12.1 Å². The minimum Gasteiger partial charge on any atom is -0.505 e. The molecule has 1 aromatic carbocycles. The van der Waals surface area contributed by atoms with Gasteiger partial charge in [-0.05, 0) is 12.1 Å². The van der Waals surface area contributed by atoms with Gasteiger partial charge < -0.3 is 10.3 Å². The Kier molecular flexibility index (Phi) is 3.02. The molecule has 0 fully saturated rings. The molecule has 0 saturated heterocycles. The summed E-state index contributed by atoms with van der Waals surface area (Å²) in [6, 6.07) is 2.74. The van der Waals surface area contributed by atoms with Crippen molar-refractivity contribution in [2.45, 2.75) is 6.54 Å². The van der Waals surface area contributed by atoms with E-state index < -0.39 is 11.6 Å². The lowest BCUT2D eigenvalue weighted by Gasteiger charge is -2.05. The van der Waals surface area contributed by atoms with Crippen LogP contribution in [0, 0.1) is 5.82 Å². The van der Waals surface area contributed by atoms with Crippen molar-refractivity contribution in [3.63, 3.8) is 0 Å². The van der Waals surface area contributed by atoms with E-state index in [0.717, 1.165) is 0 Å². The molecule has 0 unspecified atom stereocenters. The van der Waals surface area contributed by atoms with E-state index in [4.69, 9.17) is 10.3 Å². The van der Waals surface area contributed by atoms with Crippen LogP contribution in [0.25, 0.3) is 0 Å². The number of hydrogen-bond donors (Lipinski definition) is 3. The summed E-state index contributed by atoms with van der Waals surface area (Å²) >= 11 is 3.08. The SMILES string of the molecule is ONCc1c(Br)ccc(O)c1F. The summed E-state index contributed by atoms with van der Waals surface area (Å²) in [5, 5.41) is 17.3. The van der Waals surface area contributed by atoms with Gasteiger partial charge in [-0.3, -0.25) is 0 Å². The third-order valence-electron chi connectivity index (χ3n) is 1.42. The monoisotopic (exact) mass is 235 g/mol. The highest BCUT2D eigenvalue weighted by Crippen LogP contribution is 2.26. The smallest absolute Gasteiger partial charge is 0.170 e. The van der Waals surface area contributed by atoms with Crippen LogP contribution in [0.3, 0.4) is 0 Å². The summed E-state index contributed by atoms with van der Waals surface area (Å²) < 4.78 is 13.5. The first-order valence-electron chi connectivity index (χ1n) is 3.19. The molecule has 3 N–H and O–H groups in total. The highest BCUT2D eigenvalue weighted by Gasteiger charge is 2.10. The van der Waals surface area contributed by atoms with Gasteiger partial charge in [-0.1, -0.05) is 15.9 Å². The van der Waals surface area contributed by atoms with E-state index in [0.29, 0.717) is 4.47 Å². The first-order chi connectivity index (χ1) is 5.66. The third kappa shape index (κ3) is 1.74. The second kappa shape index (κ2) is 3.84. The Morgan fingerprint density at radius 3 is 2.75 bits per heavy atom. The number of rotatable bonds is 2. The molecule has 0 heterocycles. The second-order valence-electron chi connectivity index (χ2n) is 2.19. The van der Waals surface area contributed by atoms with Crippen molar-refractivity contribution in [3.05, 3.63) is 28.0 Å². The van der Waals surface area contributed by atoms with Crippen molar-refractivity contribution in [3.8, 4) is 5.75 Å². The Bertz CT molecular complexity index is 293. The summed E-state index contributed by atoms with van der Waals surface area (Å²) in [7, 11) is 0. The number of hydroxylamine groups is 1. The van der Waals surface area contributed by atoms with Crippen LogP contribution in [-0.2, 0) is 6.54 Å². The lowest BCUT2D eigenvalue weighted by molar-refractivity contribution is 0.159. The van der Waals surface area contributed by atoms with Gasteiger partial charge in [-0.2, -0.15) is 0 Å². The van der Waals surface area contributed by atoms with Crippen molar-refractivity contribution >= 4 is 15.9 Å². The minimum atomic E-state index is -0.731. The minimum absolute atomic E-state index is 0.0547. The van der Waals surface area contributed by atoms with Gasteiger partial charge in [0.1, 0.15) is 0 Å². The average Bonchev–Trinajstić information content (AvgIpc) is 2.06. The number of phenols is 1. The van der Waals surface area contributed by atoms with Crippen molar-refractivity contribution in [2.75, 3.05) is 0 Å². The number of hydrogen-bond acceptors (Lipinski definition) is 3. The van der Waals surface area contributed by atoms with E-state index in [1.54, 1.807) is 0 Å². The quantitative estimate of drug-likeness (QED) is 0.686. The molecule has 0 atom stereocenters. The first-order valence-corrected chi connectivity index (χ1v) is 3.99. The van der Waals surface area contributed by atoms with Gasteiger partial charge in [-0.15, -0.1) is 0 Å². The molecular formula is C7H7BrFNO2. The molecule has 0 radical (unpaired) electrons. The molecule has 0 aliphatic carbocycles. The fraction of sp³-hybridized carbons (Fsp3) is 0.143. The largest absolute Gasteiger partial charge is 0.505 e. The molecule has 3 nitrogen and oxygen atoms in total. The van der Waals surface area contributed by atoms with Gasteiger partial charge in [0, 0.05) is 16.6 Å². The lowest BCUT2D eigenvalue weighted by Crippen LogP contribution is -2.08. The van der Waals surface area contributed by atoms with Crippen LogP contribution in [-0.4, -0.2) is 10.3 Å². The summed E-state index contributed by atoms with van der Waals surface area (Å²) in [4.78, 5) is 0. The molecular weight excluding hydrogens is 229 g/mol. The Morgan fingerprint density at radius 1 is 1.50 bits per heavy atom. The van der Waals surface area contributed by atoms with Crippen molar-refractivity contribution in [1.29, 1.82) is 0 Å². The Labute approximate surface area is 76.9 Å². The molecule has 1 rings (SSSR count). The molecule has 0 bridgehead atoms. The Balaban J connectivity index is 3.14. The molecule has 0 aromatic heterocycles. The Hall–Kier alpha value is -0.650. The maximum Gasteiger partial charge on any atom is 0.170 e. The third-order valence-corrected chi connectivity index (χ3v) is 2.16. The van der Waals surface area contributed by atoms with Crippen LogP contribution >= 0.6 is 15.9 Å². The summed E-state index contributed by atoms with van der Waals surface area (Å²) in [5.41, 5.74) is 2.00. The molecule has 66 valence electrons. The summed E-state index contributed by atoms with van der Waals surface area (Å²) in [5.74, 6) is -1.16. The van der Waals surface area contributed by atoms with Crippen LogP contribution in [0.5, 0.6) is 5.75 Å². The standard InChI is InChI=1S/C7H7BrFNO2/c8-5-1-2-6(11)7(9)4(5)3-10-12/h1-2,10-12H,3H2. The van der Waals surface area contributed by atoms with Gasteiger partial charge in [0.25, 0.3) is 0 Å². The molecule has 0 spiro atoms. The highest BCUT2D eigenvalue weighted by molar-refractivity contribution is 9.10. The van der Waals surface area contributed by atoms with Crippen LogP contribution in [0.1, 0.15) is 5.56 Å². The summed E-state index contributed by atoms with van der Waals surface area (Å²) in [6.45, 7) is -0.0547. The summed E-state index contributed by atoms with van der Waals surface area (Å²) in [6.07, 6.45) is 0. The number of benzene rings is 1. The van der Waals surface area contributed by atoms with Crippen molar-refractivity contribution in [2.24, 2.45) is 0 Å². The van der Waals surface area contributed by atoms with Crippen LogP contribution < -0.4 is 5.48 Å². The van der Waals surface area contributed by atoms with Crippen molar-refractivity contribution in [1.82, 2.24) is 5.48 Å². The first kappa shape index (κ1) is 9.44. The van der Waals surface area contributed by atoms with E-state index in [1.807, 2.05) is 5.48 Å². The molecule has 0 saturated carbocycles. The van der Waals surface area contributed by atoms with Crippen LogP contribution in [0.2, 0.25) is 0 Å². The predicted molar refractivity (Wildman–Crippen MR) is 44.4 cm³/mol. The zero-order chi connectivity index (χ0) is 9.14.